The summed E-state index contributed by atoms with van der Waals surface area (Å²) in [5.41, 5.74) is 4.67. The number of nitrogens with two attached hydrogens (primary N) is 1. The van der Waals surface area contributed by atoms with E-state index in [4.69, 9.17) is 5.84 Å². The first-order valence-electron chi connectivity index (χ1n) is 7.46. The van der Waals surface area contributed by atoms with E-state index in [0.717, 1.165) is 12.1 Å². The molecule has 0 fully saturated rings. The van der Waals surface area contributed by atoms with Gasteiger partial charge >= 0.3 is 0 Å². The van der Waals surface area contributed by atoms with Gasteiger partial charge in [-0.05, 0) is 37.4 Å². The molecule has 2 unspecified atom stereocenters. The van der Waals surface area contributed by atoms with Gasteiger partial charge in [0, 0.05) is 12.6 Å². The minimum Gasteiger partial charge on any atom is -0.299 e. The standard InChI is InChI=1S/C17H29N3O/c1-12(16(21)19-18)15-9-7-14(8-10-15)11-20(6)13(2)17(3,4)5/h7-10,12-13H,11,18H2,1-6H3,(H,19,21). The van der Waals surface area contributed by atoms with Gasteiger partial charge in [0.1, 0.15) is 0 Å². The zero-order chi connectivity index (χ0) is 16.2. The van der Waals surface area contributed by atoms with Crippen LogP contribution in [0.2, 0.25) is 0 Å². The fraction of sp³-hybridized carbons (Fsp3) is 0.588. The van der Waals surface area contributed by atoms with Gasteiger partial charge in [0.2, 0.25) is 5.91 Å². The molecule has 2 atom stereocenters. The summed E-state index contributed by atoms with van der Waals surface area (Å²) in [5.74, 6) is 4.78. The molecule has 4 nitrogen and oxygen atoms in total. The van der Waals surface area contributed by atoms with Crippen molar-refractivity contribution in [1.29, 1.82) is 0 Å². The molecule has 0 saturated carbocycles. The van der Waals surface area contributed by atoms with Crippen molar-refractivity contribution in [1.82, 2.24) is 10.3 Å². The van der Waals surface area contributed by atoms with Gasteiger partial charge in [-0.3, -0.25) is 15.1 Å². The summed E-state index contributed by atoms with van der Waals surface area (Å²) in [5, 5.41) is 0. The Morgan fingerprint density at radius 1 is 1.24 bits per heavy atom. The van der Waals surface area contributed by atoms with Crippen molar-refractivity contribution in [2.24, 2.45) is 11.3 Å². The maximum Gasteiger partial charge on any atom is 0.241 e. The molecule has 3 N–H and O–H groups in total. The smallest absolute Gasteiger partial charge is 0.241 e. The highest BCUT2D eigenvalue weighted by Gasteiger charge is 2.23. The van der Waals surface area contributed by atoms with Crippen molar-refractivity contribution >= 4 is 5.91 Å². The largest absolute Gasteiger partial charge is 0.299 e. The molecule has 0 spiro atoms. The van der Waals surface area contributed by atoms with Crippen molar-refractivity contribution in [2.45, 2.75) is 53.1 Å². The van der Waals surface area contributed by atoms with Crippen LogP contribution in [0.25, 0.3) is 0 Å². The number of nitrogens with one attached hydrogen (secondary N) is 1. The molecular formula is C17H29N3O. The van der Waals surface area contributed by atoms with Crippen molar-refractivity contribution in [2.75, 3.05) is 7.05 Å². The van der Waals surface area contributed by atoms with E-state index in [1.807, 2.05) is 19.1 Å². The quantitative estimate of drug-likeness (QED) is 0.498. The molecule has 0 saturated heterocycles. The molecule has 1 aromatic rings. The van der Waals surface area contributed by atoms with Crippen molar-refractivity contribution in [3.63, 3.8) is 0 Å². The van der Waals surface area contributed by atoms with Crippen LogP contribution in [0.3, 0.4) is 0 Å². The number of carbonyl (C=O) groups is 1. The van der Waals surface area contributed by atoms with E-state index in [1.54, 1.807) is 0 Å². The zero-order valence-corrected chi connectivity index (χ0v) is 14.1. The number of hydrogen-bond donors (Lipinski definition) is 2. The summed E-state index contributed by atoms with van der Waals surface area (Å²) in [4.78, 5) is 13.9. The highest BCUT2D eigenvalue weighted by molar-refractivity contribution is 5.82. The summed E-state index contributed by atoms with van der Waals surface area (Å²) in [6.45, 7) is 11.8. The maximum atomic E-state index is 11.5. The van der Waals surface area contributed by atoms with E-state index in [0.29, 0.717) is 6.04 Å². The number of carbonyl (C=O) groups excluding carboxylic acids is 1. The van der Waals surface area contributed by atoms with Gasteiger partial charge in [0.25, 0.3) is 0 Å². The topological polar surface area (TPSA) is 58.4 Å². The van der Waals surface area contributed by atoms with Gasteiger partial charge in [-0.1, -0.05) is 45.0 Å². The lowest BCUT2D eigenvalue weighted by atomic mass is 9.87. The highest BCUT2D eigenvalue weighted by Crippen LogP contribution is 2.24. The second kappa shape index (κ2) is 7.05. The summed E-state index contributed by atoms with van der Waals surface area (Å²) < 4.78 is 0. The molecule has 118 valence electrons. The molecule has 4 heteroatoms. The number of rotatable bonds is 5. The van der Waals surface area contributed by atoms with Crippen LogP contribution in [-0.2, 0) is 11.3 Å². The van der Waals surface area contributed by atoms with Crippen LogP contribution in [-0.4, -0.2) is 23.9 Å². The van der Waals surface area contributed by atoms with Crippen LogP contribution >= 0.6 is 0 Å². The monoisotopic (exact) mass is 291 g/mol. The predicted octanol–water partition coefficient (Wildman–Crippen LogP) is 2.65. The SMILES string of the molecule is CC(C(=O)NN)c1ccc(CN(C)C(C)C(C)(C)C)cc1. The molecule has 0 heterocycles. The molecule has 1 aromatic carbocycles. The Morgan fingerprint density at radius 3 is 2.19 bits per heavy atom. The lowest BCUT2D eigenvalue weighted by Gasteiger charge is -2.35. The number of benzene rings is 1. The van der Waals surface area contributed by atoms with E-state index in [9.17, 15) is 4.79 Å². The average Bonchev–Trinajstić information content (AvgIpc) is 2.44. The van der Waals surface area contributed by atoms with Crippen LogP contribution in [0.1, 0.15) is 51.7 Å². The van der Waals surface area contributed by atoms with E-state index in [1.165, 1.54) is 5.56 Å². The summed E-state index contributed by atoms with van der Waals surface area (Å²) in [6.07, 6.45) is 0. The fourth-order valence-corrected chi connectivity index (χ4v) is 2.27. The molecule has 0 aliphatic rings. The van der Waals surface area contributed by atoms with Gasteiger partial charge in [-0.15, -0.1) is 0 Å². The number of amides is 1. The van der Waals surface area contributed by atoms with E-state index in [2.05, 4.69) is 57.2 Å². The van der Waals surface area contributed by atoms with Crippen molar-refractivity contribution < 1.29 is 4.79 Å². The van der Waals surface area contributed by atoms with Gasteiger partial charge < -0.3 is 0 Å². The zero-order valence-electron chi connectivity index (χ0n) is 14.1. The molecule has 1 rings (SSSR count). The molecule has 0 bridgehead atoms. The Bertz CT molecular complexity index is 462. The Morgan fingerprint density at radius 2 is 1.76 bits per heavy atom. The first-order chi connectivity index (χ1) is 9.66. The van der Waals surface area contributed by atoms with Gasteiger partial charge in [-0.2, -0.15) is 0 Å². The van der Waals surface area contributed by atoms with E-state index in [-0.39, 0.29) is 17.2 Å². The minimum atomic E-state index is -0.227. The van der Waals surface area contributed by atoms with Gasteiger partial charge in [0.05, 0.1) is 5.92 Å². The Balaban J connectivity index is 2.73. The summed E-state index contributed by atoms with van der Waals surface area (Å²) >= 11 is 0. The second-order valence-corrected chi connectivity index (χ2v) is 6.93. The number of hydrazine groups is 1. The average molecular weight is 291 g/mol. The minimum absolute atomic E-state index is 0.166. The highest BCUT2D eigenvalue weighted by atomic mass is 16.2. The molecule has 0 aliphatic heterocycles. The third kappa shape index (κ3) is 4.83. The first-order valence-corrected chi connectivity index (χ1v) is 7.46. The summed E-state index contributed by atoms with van der Waals surface area (Å²) in [6, 6.07) is 8.66. The van der Waals surface area contributed by atoms with E-state index >= 15 is 0 Å². The lowest BCUT2D eigenvalue weighted by Crippen LogP contribution is -2.38. The molecular weight excluding hydrogens is 262 g/mol. The Hall–Kier alpha value is -1.39. The molecule has 1 amide bonds. The first kappa shape index (κ1) is 17.7. The number of hydrogen-bond acceptors (Lipinski definition) is 3. The van der Waals surface area contributed by atoms with Crippen molar-refractivity contribution in [3.05, 3.63) is 35.4 Å². The van der Waals surface area contributed by atoms with Gasteiger partial charge in [0.15, 0.2) is 0 Å². The van der Waals surface area contributed by atoms with Crippen LogP contribution in [0, 0.1) is 5.41 Å². The van der Waals surface area contributed by atoms with Crippen LogP contribution in [0.5, 0.6) is 0 Å². The Labute approximate surface area is 128 Å². The summed E-state index contributed by atoms with van der Waals surface area (Å²) in [7, 11) is 2.15. The third-order valence-electron chi connectivity index (χ3n) is 4.36. The second-order valence-electron chi connectivity index (χ2n) is 6.93. The van der Waals surface area contributed by atoms with Crippen LogP contribution in [0.4, 0.5) is 0 Å². The predicted molar refractivity (Wildman–Crippen MR) is 87.6 cm³/mol. The molecule has 0 aromatic heterocycles. The third-order valence-corrected chi connectivity index (χ3v) is 4.36. The normalized spacial score (nSPS) is 14.9. The lowest BCUT2D eigenvalue weighted by molar-refractivity contribution is -0.122. The van der Waals surface area contributed by atoms with Gasteiger partial charge in [-0.25, -0.2) is 5.84 Å². The van der Waals surface area contributed by atoms with E-state index < -0.39 is 0 Å². The molecule has 0 radical (unpaired) electrons. The van der Waals surface area contributed by atoms with Crippen molar-refractivity contribution in [3.8, 4) is 0 Å². The molecule has 0 aliphatic carbocycles. The molecule has 21 heavy (non-hydrogen) atoms. The van der Waals surface area contributed by atoms with Crippen LogP contribution < -0.4 is 11.3 Å². The maximum absolute atomic E-state index is 11.5. The number of nitrogens with zero attached hydrogens (tertiary/aromatic N) is 1. The fourth-order valence-electron chi connectivity index (χ4n) is 2.27. The Kier molecular flexibility index (Phi) is 5.93. The van der Waals surface area contributed by atoms with Crippen LogP contribution in [0.15, 0.2) is 24.3 Å².